The van der Waals surface area contributed by atoms with Crippen molar-refractivity contribution in [1.82, 2.24) is 5.32 Å². The highest BCUT2D eigenvalue weighted by molar-refractivity contribution is 5.76. The molecule has 2 saturated heterocycles. The van der Waals surface area contributed by atoms with Crippen molar-refractivity contribution in [3.63, 3.8) is 0 Å². The van der Waals surface area contributed by atoms with E-state index in [2.05, 4.69) is 55.6 Å². The third-order valence-electron chi connectivity index (χ3n) is 18.7. The van der Waals surface area contributed by atoms with Crippen LogP contribution < -0.4 is 5.32 Å². The van der Waals surface area contributed by atoms with Crippen LogP contribution in [0.1, 0.15) is 341 Å². The Balaban J connectivity index is 1.64. The van der Waals surface area contributed by atoms with Gasteiger partial charge >= 0.3 is 0 Å². The van der Waals surface area contributed by atoms with Crippen LogP contribution in [-0.2, 0) is 23.7 Å². The van der Waals surface area contributed by atoms with Gasteiger partial charge in [-0.05, 0) is 64.2 Å². The summed E-state index contributed by atoms with van der Waals surface area (Å²) >= 11 is 0. The Morgan fingerprint density at radius 2 is 0.736 bits per heavy atom. The Bertz CT molecular complexity index is 1710. The van der Waals surface area contributed by atoms with Crippen molar-refractivity contribution in [3.05, 3.63) is 48.6 Å². The fourth-order valence-electron chi connectivity index (χ4n) is 12.6. The minimum absolute atomic E-state index is 0.243. The van der Waals surface area contributed by atoms with Crippen LogP contribution in [0.25, 0.3) is 0 Å². The van der Waals surface area contributed by atoms with Crippen molar-refractivity contribution in [2.24, 2.45) is 0 Å². The highest BCUT2D eigenvalue weighted by Gasteiger charge is 2.51. The number of rotatable bonds is 64. The van der Waals surface area contributed by atoms with Gasteiger partial charge in [-0.15, -0.1) is 0 Å². The van der Waals surface area contributed by atoms with Crippen LogP contribution >= 0.6 is 0 Å². The standard InChI is InChI=1S/C77H143NO13/c1-3-5-7-9-11-13-15-17-19-21-23-25-27-29-30-31-32-33-34-35-36-37-39-41-43-45-47-49-51-53-55-57-59-61-69(82)78-65(64-88-76-74(87)72(85)75(68(63-80)90-76)91-77-73(86)71(84)70(83)67(62-79)89-77)66(81)60-58-56-54-52-50-48-46-44-42-40-38-28-26-24-22-20-18-16-14-12-10-8-6-4-2/h15,17,21,23,50,52,58,60,65-68,70-77,79-81,83-87H,3-14,16,18-20,22,24-49,51,53-57,59,61-64H2,1-2H3,(H,78,82)/b17-15-,23-21-,52-50+,60-58+. The maximum absolute atomic E-state index is 13.4. The average molecular weight is 1290 g/mol. The molecule has 0 radical (unpaired) electrons. The Labute approximate surface area is 556 Å². The number of hydrogen-bond acceptors (Lipinski definition) is 13. The number of allylic oxidation sites excluding steroid dienone is 7. The number of ether oxygens (including phenoxy) is 4. The lowest BCUT2D eigenvalue weighted by molar-refractivity contribution is -0.359. The second kappa shape index (κ2) is 61.5. The third kappa shape index (κ3) is 45.2. The molecule has 0 aromatic heterocycles. The molecule has 0 aromatic carbocycles. The monoisotopic (exact) mass is 1290 g/mol. The molecule has 0 aliphatic carbocycles. The number of nitrogens with one attached hydrogen (secondary N) is 1. The first-order valence-corrected chi connectivity index (χ1v) is 38.4. The van der Waals surface area contributed by atoms with Crippen LogP contribution in [0.4, 0.5) is 0 Å². The fraction of sp³-hybridized carbons (Fsp3) is 0.883. The fourth-order valence-corrected chi connectivity index (χ4v) is 12.6. The van der Waals surface area contributed by atoms with Crippen LogP contribution in [0.2, 0.25) is 0 Å². The van der Waals surface area contributed by atoms with Crippen molar-refractivity contribution >= 4 is 5.91 Å². The largest absolute Gasteiger partial charge is 0.394 e. The van der Waals surface area contributed by atoms with E-state index in [1.165, 1.54) is 270 Å². The van der Waals surface area contributed by atoms with Crippen LogP contribution in [0, 0.1) is 0 Å². The van der Waals surface area contributed by atoms with Gasteiger partial charge in [-0.1, -0.05) is 319 Å². The molecule has 14 nitrogen and oxygen atoms in total. The van der Waals surface area contributed by atoms with Gasteiger partial charge in [-0.2, -0.15) is 0 Å². The van der Waals surface area contributed by atoms with E-state index >= 15 is 0 Å². The number of hydrogen-bond donors (Lipinski definition) is 9. The summed E-state index contributed by atoms with van der Waals surface area (Å²) < 4.78 is 22.9. The molecule has 2 aliphatic rings. The highest BCUT2D eigenvalue weighted by atomic mass is 16.7. The van der Waals surface area contributed by atoms with E-state index < -0.39 is 86.8 Å². The summed E-state index contributed by atoms with van der Waals surface area (Å²) in [6.45, 7) is 2.82. The predicted octanol–water partition coefficient (Wildman–Crippen LogP) is 16.6. The number of aliphatic hydroxyl groups is 8. The van der Waals surface area contributed by atoms with E-state index in [0.29, 0.717) is 12.8 Å². The first-order valence-electron chi connectivity index (χ1n) is 38.4. The first kappa shape index (κ1) is 85.0. The molecule has 2 rings (SSSR count). The van der Waals surface area contributed by atoms with Crippen molar-refractivity contribution in [2.45, 2.75) is 415 Å². The highest BCUT2D eigenvalue weighted by Crippen LogP contribution is 2.30. The summed E-state index contributed by atoms with van der Waals surface area (Å²) in [6, 6.07) is -0.932. The van der Waals surface area contributed by atoms with Gasteiger partial charge in [0.25, 0.3) is 0 Å². The number of carbonyl (C=O) groups is 1. The molecule has 12 unspecified atom stereocenters. The van der Waals surface area contributed by atoms with E-state index in [-0.39, 0.29) is 18.9 Å². The van der Waals surface area contributed by atoms with E-state index in [0.717, 1.165) is 38.5 Å². The van der Waals surface area contributed by atoms with Crippen LogP contribution in [-0.4, -0.2) is 140 Å². The molecule has 91 heavy (non-hydrogen) atoms. The van der Waals surface area contributed by atoms with E-state index in [9.17, 15) is 45.6 Å². The second-order valence-corrected chi connectivity index (χ2v) is 27.1. The number of carbonyl (C=O) groups excluding carboxylic acids is 1. The minimum Gasteiger partial charge on any atom is -0.394 e. The zero-order valence-electron chi connectivity index (χ0n) is 58.3. The molecule has 2 fully saturated rings. The van der Waals surface area contributed by atoms with Crippen LogP contribution in [0.15, 0.2) is 48.6 Å². The summed E-state index contributed by atoms with van der Waals surface area (Å²) in [5, 5.41) is 87.5. The molecule has 0 saturated carbocycles. The number of amides is 1. The normalized spacial score (nSPS) is 23.0. The van der Waals surface area contributed by atoms with Gasteiger partial charge in [-0.25, -0.2) is 0 Å². The van der Waals surface area contributed by atoms with Gasteiger partial charge < -0.3 is 65.1 Å². The Morgan fingerprint density at radius 1 is 0.396 bits per heavy atom. The summed E-state index contributed by atoms with van der Waals surface area (Å²) in [4.78, 5) is 13.4. The topological polar surface area (TPSA) is 228 Å². The van der Waals surface area contributed by atoms with Crippen molar-refractivity contribution in [1.29, 1.82) is 0 Å². The molecule has 0 bridgehead atoms. The molecule has 14 heteroatoms. The summed E-state index contributed by atoms with van der Waals surface area (Å²) in [7, 11) is 0. The third-order valence-corrected chi connectivity index (χ3v) is 18.7. The number of aliphatic hydroxyl groups excluding tert-OH is 8. The summed E-state index contributed by atoms with van der Waals surface area (Å²) in [5.41, 5.74) is 0. The Morgan fingerprint density at radius 3 is 1.14 bits per heavy atom. The molecule has 534 valence electrons. The SMILES string of the molecule is CCCCCCC/C=C\C/C=C\CCCCCCCCCCCCCCCCCCCCCCCC(=O)NC(COC1OC(CO)C(OC2OC(CO)C(O)C(O)C2O)C(O)C1O)C(O)/C=C/CC/C=C/CCCCCCCCCCCCCCCCCCCC. The van der Waals surface area contributed by atoms with Gasteiger partial charge in [0.05, 0.1) is 32.0 Å². The summed E-state index contributed by atoms with van der Waals surface area (Å²) in [5.74, 6) is -0.243. The van der Waals surface area contributed by atoms with Gasteiger partial charge in [0.15, 0.2) is 12.6 Å². The van der Waals surface area contributed by atoms with E-state index in [1.807, 2.05) is 6.08 Å². The quantitative estimate of drug-likeness (QED) is 0.0204. The van der Waals surface area contributed by atoms with E-state index in [1.54, 1.807) is 6.08 Å². The molecule has 9 N–H and O–H groups in total. The Hall–Kier alpha value is -2.05. The lowest BCUT2D eigenvalue weighted by Gasteiger charge is -2.46. The maximum atomic E-state index is 13.4. The summed E-state index contributed by atoms with van der Waals surface area (Å²) in [6.07, 6.45) is 64.7. The molecule has 0 aromatic rings. The molecular formula is C77H143NO13. The first-order chi connectivity index (χ1) is 44.6. The number of unbranched alkanes of at least 4 members (excludes halogenated alkanes) is 45. The zero-order valence-corrected chi connectivity index (χ0v) is 58.3. The minimum atomic E-state index is -1.79. The molecular weight excluding hydrogens is 1150 g/mol. The van der Waals surface area contributed by atoms with Crippen LogP contribution in [0.3, 0.4) is 0 Å². The van der Waals surface area contributed by atoms with Crippen molar-refractivity contribution < 1.29 is 64.6 Å². The predicted molar refractivity (Wildman–Crippen MR) is 374 cm³/mol. The lowest BCUT2D eigenvalue weighted by Crippen LogP contribution is -2.65. The molecule has 12 atom stereocenters. The van der Waals surface area contributed by atoms with Crippen LogP contribution in [0.5, 0.6) is 0 Å². The van der Waals surface area contributed by atoms with Crippen molar-refractivity contribution in [3.8, 4) is 0 Å². The molecule has 0 spiro atoms. The van der Waals surface area contributed by atoms with E-state index in [4.69, 9.17) is 18.9 Å². The Kier molecular flexibility index (Phi) is 57.5. The smallest absolute Gasteiger partial charge is 0.220 e. The molecule has 2 aliphatic heterocycles. The van der Waals surface area contributed by atoms with Gasteiger partial charge in [0, 0.05) is 6.42 Å². The average Bonchev–Trinajstić information content (AvgIpc) is 1.28. The maximum Gasteiger partial charge on any atom is 0.220 e. The molecule has 2 heterocycles. The second-order valence-electron chi connectivity index (χ2n) is 27.1. The molecule has 1 amide bonds. The zero-order chi connectivity index (χ0) is 65.9. The lowest BCUT2D eigenvalue weighted by atomic mass is 9.97. The van der Waals surface area contributed by atoms with Gasteiger partial charge in [0.1, 0.15) is 48.8 Å². The van der Waals surface area contributed by atoms with Gasteiger partial charge in [0.2, 0.25) is 5.91 Å². The van der Waals surface area contributed by atoms with Crippen molar-refractivity contribution in [2.75, 3.05) is 19.8 Å². The van der Waals surface area contributed by atoms with Gasteiger partial charge in [-0.3, -0.25) is 4.79 Å².